The molecule has 0 amide bonds. The molecular formula is C20H15F3N4. The van der Waals surface area contributed by atoms with Crippen molar-refractivity contribution < 1.29 is 13.2 Å². The van der Waals surface area contributed by atoms with Crippen molar-refractivity contribution in [2.24, 2.45) is 7.05 Å². The van der Waals surface area contributed by atoms with Crippen LogP contribution in [0.3, 0.4) is 0 Å². The number of nitrogen functional groups attached to an aromatic ring is 1. The standard InChI is InChI=1S/C20H15F3N4/c1-27-19-17(18(26-27)13-5-3-2-4-6-13)15(20(21,22)23)11-16(25-19)12-7-9-14(24)10-8-12/h2-11H,24H2,1H3. The average molecular weight is 368 g/mol. The Morgan fingerprint density at radius 3 is 2.22 bits per heavy atom. The SMILES string of the molecule is Cn1nc(-c2ccccc2)c2c(C(F)(F)F)cc(-c3ccc(N)cc3)nc21. The van der Waals surface area contributed by atoms with Crippen LogP contribution in [0.5, 0.6) is 0 Å². The number of hydrogen-bond acceptors (Lipinski definition) is 3. The molecule has 0 aliphatic rings. The van der Waals surface area contributed by atoms with Gasteiger partial charge in [-0.2, -0.15) is 18.3 Å². The largest absolute Gasteiger partial charge is 0.417 e. The summed E-state index contributed by atoms with van der Waals surface area (Å²) in [5.74, 6) is 0. The second-order valence-electron chi connectivity index (χ2n) is 6.21. The molecule has 0 spiro atoms. The highest BCUT2D eigenvalue weighted by Gasteiger charge is 2.36. The van der Waals surface area contributed by atoms with Crippen molar-refractivity contribution in [2.75, 3.05) is 5.73 Å². The van der Waals surface area contributed by atoms with Crippen molar-refractivity contribution in [3.63, 3.8) is 0 Å². The molecule has 136 valence electrons. The molecule has 0 atom stereocenters. The molecular weight excluding hydrogens is 353 g/mol. The summed E-state index contributed by atoms with van der Waals surface area (Å²) in [6, 6.07) is 16.4. The van der Waals surface area contributed by atoms with Crippen molar-refractivity contribution in [3.05, 3.63) is 66.2 Å². The van der Waals surface area contributed by atoms with E-state index in [9.17, 15) is 13.2 Å². The van der Waals surface area contributed by atoms with E-state index in [0.29, 0.717) is 16.8 Å². The average Bonchev–Trinajstić information content (AvgIpc) is 2.98. The number of nitrogens with two attached hydrogens (primary N) is 1. The summed E-state index contributed by atoms with van der Waals surface area (Å²) in [6.45, 7) is 0. The fourth-order valence-corrected chi connectivity index (χ4v) is 3.07. The van der Waals surface area contributed by atoms with Gasteiger partial charge in [-0.15, -0.1) is 0 Å². The Balaban J connectivity index is 2.04. The van der Waals surface area contributed by atoms with Crippen LogP contribution in [-0.2, 0) is 13.2 Å². The lowest BCUT2D eigenvalue weighted by Gasteiger charge is -2.12. The van der Waals surface area contributed by atoms with Gasteiger partial charge in [0, 0.05) is 23.9 Å². The van der Waals surface area contributed by atoms with Gasteiger partial charge in [0.15, 0.2) is 5.65 Å². The minimum atomic E-state index is -4.55. The lowest BCUT2D eigenvalue weighted by Crippen LogP contribution is -2.07. The summed E-state index contributed by atoms with van der Waals surface area (Å²) >= 11 is 0. The molecule has 0 saturated carbocycles. The fourth-order valence-electron chi connectivity index (χ4n) is 3.07. The molecule has 2 aromatic carbocycles. The Hall–Kier alpha value is -3.35. The maximum Gasteiger partial charge on any atom is 0.417 e. The monoisotopic (exact) mass is 368 g/mol. The van der Waals surface area contributed by atoms with Gasteiger partial charge in [0.05, 0.1) is 16.6 Å². The van der Waals surface area contributed by atoms with Gasteiger partial charge in [-0.25, -0.2) is 9.67 Å². The Kier molecular flexibility index (Phi) is 3.87. The first-order valence-corrected chi connectivity index (χ1v) is 8.21. The second kappa shape index (κ2) is 6.12. The van der Waals surface area contributed by atoms with Crippen LogP contribution >= 0.6 is 0 Å². The second-order valence-corrected chi connectivity index (χ2v) is 6.21. The molecule has 4 nitrogen and oxygen atoms in total. The molecule has 2 heterocycles. The molecule has 0 saturated heterocycles. The highest BCUT2D eigenvalue weighted by Crippen LogP contribution is 2.40. The number of pyridine rings is 1. The first kappa shape index (κ1) is 17.1. The smallest absolute Gasteiger partial charge is 0.399 e. The molecule has 7 heteroatoms. The Morgan fingerprint density at radius 2 is 1.59 bits per heavy atom. The van der Waals surface area contributed by atoms with Gasteiger partial charge in [-0.3, -0.25) is 0 Å². The first-order valence-electron chi connectivity index (χ1n) is 8.21. The number of aromatic nitrogens is 3. The highest BCUT2D eigenvalue weighted by molar-refractivity contribution is 5.95. The van der Waals surface area contributed by atoms with Crippen molar-refractivity contribution in [1.82, 2.24) is 14.8 Å². The van der Waals surface area contributed by atoms with E-state index in [1.54, 1.807) is 61.6 Å². The zero-order valence-electron chi connectivity index (χ0n) is 14.3. The summed E-state index contributed by atoms with van der Waals surface area (Å²) in [7, 11) is 1.59. The van der Waals surface area contributed by atoms with Crippen LogP contribution in [-0.4, -0.2) is 14.8 Å². The van der Waals surface area contributed by atoms with Crippen LogP contribution in [0.25, 0.3) is 33.5 Å². The molecule has 4 aromatic rings. The van der Waals surface area contributed by atoms with E-state index >= 15 is 0 Å². The lowest BCUT2D eigenvalue weighted by atomic mass is 10.0. The zero-order chi connectivity index (χ0) is 19.2. The van der Waals surface area contributed by atoms with E-state index in [1.807, 2.05) is 0 Å². The fraction of sp³-hybridized carbons (Fsp3) is 0.100. The number of benzene rings is 2. The van der Waals surface area contributed by atoms with Gasteiger partial charge in [0.2, 0.25) is 0 Å². The summed E-state index contributed by atoms with van der Waals surface area (Å²) in [4.78, 5) is 4.45. The molecule has 0 aliphatic heterocycles. The summed E-state index contributed by atoms with van der Waals surface area (Å²) in [5.41, 5.74) is 7.26. The normalized spacial score (nSPS) is 11.9. The quantitative estimate of drug-likeness (QED) is 0.512. The van der Waals surface area contributed by atoms with Crippen LogP contribution in [0.1, 0.15) is 5.56 Å². The van der Waals surface area contributed by atoms with E-state index in [1.165, 1.54) is 4.68 Å². The molecule has 0 fully saturated rings. The first-order chi connectivity index (χ1) is 12.8. The molecule has 4 rings (SSSR count). The molecule has 27 heavy (non-hydrogen) atoms. The van der Waals surface area contributed by atoms with Crippen LogP contribution in [0.4, 0.5) is 18.9 Å². The third-order valence-electron chi connectivity index (χ3n) is 4.35. The van der Waals surface area contributed by atoms with E-state index in [4.69, 9.17) is 5.73 Å². The van der Waals surface area contributed by atoms with Crippen LogP contribution in [0, 0.1) is 0 Å². The maximum absolute atomic E-state index is 13.9. The van der Waals surface area contributed by atoms with E-state index < -0.39 is 11.7 Å². The highest BCUT2D eigenvalue weighted by atomic mass is 19.4. The molecule has 0 aliphatic carbocycles. The number of halogens is 3. The van der Waals surface area contributed by atoms with Gasteiger partial charge in [-0.1, -0.05) is 42.5 Å². The van der Waals surface area contributed by atoms with E-state index in [0.717, 1.165) is 6.07 Å². The lowest BCUT2D eigenvalue weighted by molar-refractivity contribution is -0.136. The summed E-state index contributed by atoms with van der Waals surface area (Å²) in [6.07, 6.45) is -4.55. The van der Waals surface area contributed by atoms with Gasteiger partial charge in [0.25, 0.3) is 0 Å². The molecule has 0 radical (unpaired) electrons. The zero-order valence-corrected chi connectivity index (χ0v) is 14.3. The third-order valence-corrected chi connectivity index (χ3v) is 4.35. The number of fused-ring (bicyclic) bond motifs is 1. The molecule has 2 N–H and O–H groups in total. The molecule has 2 aromatic heterocycles. The number of anilines is 1. The van der Waals surface area contributed by atoms with Crippen molar-refractivity contribution >= 4 is 16.7 Å². The predicted molar refractivity (Wildman–Crippen MR) is 98.8 cm³/mol. The Morgan fingerprint density at radius 1 is 0.926 bits per heavy atom. The van der Waals surface area contributed by atoms with E-state index in [-0.39, 0.29) is 22.4 Å². The third kappa shape index (κ3) is 3.01. The maximum atomic E-state index is 13.9. The molecule has 0 unspecified atom stereocenters. The van der Waals surface area contributed by atoms with Crippen molar-refractivity contribution in [1.29, 1.82) is 0 Å². The summed E-state index contributed by atoms with van der Waals surface area (Å²) in [5, 5.41) is 4.31. The minimum absolute atomic E-state index is 0.00426. The number of aryl methyl sites for hydroxylation is 1. The minimum Gasteiger partial charge on any atom is -0.399 e. The number of rotatable bonds is 2. The van der Waals surface area contributed by atoms with Crippen molar-refractivity contribution in [3.8, 4) is 22.5 Å². The van der Waals surface area contributed by atoms with Gasteiger partial charge in [-0.05, 0) is 18.2 Å². The number of hydrogen-bond donors (Lipinski definition) is 1. The van der Waals surface area contributed by atoms with Crippen LogP contribution < -0.4 is 5.73 Å². The number of alkyl halides is 3. The van der Waals surface area contributed by atoms with Gasteiger partial charge >= 0.3 is 6.18 Å². The van der Waals surface area contributed by atoms with Gasteiger partial charge in [0.1, 0.15) is 5.69 Å². The van der Waals surface area contributed by atoms with Crippen molar-refractivity contribution in [2.45, 2.75) is 6.18 Å². The van der Waals surface area contributed by atoms with Crippen LogP contribution in [0.2, 0.25) is 0 Å². The molecule has 0 bridgehead atoms. The van der Waals surface area contributed by atoms with Gasteiger partial charge < -0.3 is 5.73 Å². The summed E-state index contributed by atoms with van der Waals surface area (Å²) < 4.78 is 43.1. The Bertz CT molecular complexity index is 1110. The van der Waals surface area contributed by atoms with Crippen LogP contribution in [0.15, 0.2) is 60.7 Å². The topological polar surface area (TPSA) is 56.7 Å². The predicted octanol–water partition coefficient (Wildman–Crippen LogP) is 4.90. The Labute approximate surface area is 153 Å². The number of nitrogens with zero attached hydrogens (tertiary/aromatic N) is 3. The van der Waals surface area contributed by atoms with E-state index in [2.05, 4.69) is 10.1 Å².